The summed E-state index contributed by atoms with van der Waals surface area (Å²) in [5.74, 6) is 0.858. The molecular weight excluding hydrogens is 333 g/mol. The van der Waals surface area contributed by atoms with Crippen LogP contribution in [-0.2, 0) is 14.0 Å². The van der Waals surface area contributed by atoms with E-state index in [1.807, 2.05) is 20.8 Å². The van der Waals surface area contributed by atoms with Crippen LogP contribution in [0.5, 0.6) is 0 Å². The third-order valence-corrected chi connectivity index (χ3v) is 7.23. The van der Waals surface area contributed by atoms with Crippen LogP contribution in [0.25, 0.3) is 0 Å². The Morgan fingerprint density at radius 1 is 1.23 bits per heavy atom. The van der Waals surface area contributed by atoms with Gasteiger partial charge in [-0.1, -0.05) is 13.8 Å². The maximum Gasteiger partial charge on any atom is 0.482 e. The number of nitrogens with zero attached hydrogens (tertiary/aromatic N) is 1. The molecule has 146 valence electrons. The van der Waals surface area contributed by atoms with E-state index in [0.29, 0.717) is 18.3 Å². The van der Waals surface area contributed by atoms with Crippen molar-refractivity contribution in [3.63, 3.8) is 0 Å². The third-order valence-electron chi connectivity index (χ3n) is 7.23. The highest BCUT2D eigenvalue weighted by Gasteiger charge is 2.69. The number of aliphatic hydroxyl groups excluding tert-OH is 1. The molecule has 6 atom stereocenters. The molecule has 0 radical (unpaired) electrons. The quantitative estimate of drug-likeness (QED) is 0.724. The van der Waals surface area contributed by atoms with Crippen LogP contribution >= 0.6 is 0 Å². The number of β-amino-alcohol motifs (C(OH)–C–C–N with tert-alkyl or cyclic N) is 1. The maximum absolute atomic E-state index is 12.6. The predicted octanol–water partition coefficient (Wildman–Crippen LogP) is 2.62. The Morgan fingerprint density at radius 3 is 2.54 bits per heavy atom. The molecule has 3 saturated carbocycles. The fraction of sp³-hybridized carbons (Fsp3) is 0.947. The van der Waals surface area contributed by atoms with Crippen molar-refractivity contribution in [2.75, 3.05) is 6.54 Å². The van der Waals surface area contributed by atoms with Crippen molar-refractivity contribution in [1.82, 2.24) is 4.90 Å². The van der Waals surface area contributed by atoms with E-state index in [4.69, 9.17) is 14.0 Å². The molecule has 2 bridgehead atoms. The molecule has 0 aromatic heterocycles. The molecule has 6 nitrogen and oxygen atoms in total. The van der Waals surface area contributed by atoms with Crippen LogP contribution in [0.4, 0.5) is 4.79 Å². The van der Waals surface area contributed by atoms with E-state index in [9.17, 15) is 9.90 Å². The molecular formula is C19H32BNO5. The van der Waals surface area contributed by atoms with Gasteiger partial charge in [0.2, 0.25) is 0 Å². The number of likely N-dealkylation sites (tertiary alicyclic amines) is 1. The van der Waals surface area contributed by atoms with Gasteiger partial charge < -0.3 is 24.1 Å². The van der Waals surface area contributed by atoms with E-state index in [-0.39, 0.29) is 29.6 Å². The van der Waals surface area contributed by atoms with Gasteiger partial charge in [-0.15, -0.1) is 0 Å². The molecule has 0 aromatic rings. The predicted molar refractivity (Wildman–Crippen MR) is 97.5 cm³/mol. The van der Waals surface area contributed by atoms with Gasteiger partial charge in [0.1, 0.15) is 5.60 Å². The zero-order valence-electron chi connectivity index (χ0n) is 16.8. The van der Waals surface area contributed by atoms with E-state index in [1.165, 1.54) is 6.42 Å². The number of amides is 1. The molecule has 0 aromatic carbocycles. The number of rotatable bonds is 1. The molecule has 5 rings (SSSR count). The molecule has 26 heavy (non-hydrogen) atoms. The standard InChI is InChI=1S/C19H32BNO5/c1-17(2,3)24-16(23)21-10-12(22)9-15(21)20-25-14-8-11-7-13(18(11,4)5)19(14,6)26-20/h11-15,22H,7-10H2,1-6H3/t11?,12-,13?,14?,15+,19+/m1/s1. The Morgan fingerprint density at radius 2 is 1.92 bits per heavy atom. The van der Waals surface area contributed by atoms with Crippen molar-refractivity contribution in [2.24, 2.45) is 17.3 Å². The summed E-state index contributed by atoms with van der Waals surface area (Å²) in [6.45, 7) is 12.6. The summed E-state index contributed by atoms with van der Waals surface area (Å²) in [5.41, 5.74) is -0.600. The van der Waals surface area contributed by atoms with Crippen molar-refractivity contribution in [2.45, 2.75) is 90.2 Å². The lowest BCUT2D eigenvalue weighted by Crippen LogP contribution is -2.65. The van der Waals surface area contributed by atoms with Crippen LogP contribution in [0.1, 0.15) is 60.8 Å². The van der Waals surface area contributed by atoms with Crippen molar-refractivity contribution < 1.29 is 23.9 Å². The molecule has 3 aliphatic carbocycles. The van der Waals surface area contributed by atoms with Gasteiger partial charge >= 0.3 is 13.2 Å². The second-order valence-corrected chi connectivity index (χ2v) is 10.4. The van der Waals surface area contributed by atoms with Crippen molar-refractivity contribution >= 4 is 13.2 Å². The minimum absolute atomic E-state index is 0.0718. The summed E-state index contributed by atoms with van der Waals surface area (Å²) in [4.78, 5) is 14.2. The lowest BCUT2D eigenvalue weighted by atomic mass is 9.43. The number of ether oxygens (including phenoxy) is 1. The van der Waals surface area contributed by atoms with Gasteiger partial charge in [-0.25, -0.2) is 4.79 Å². The van der Waals surface area contributed by atoms with Crippen LogP contribution in [0.15, 0.2) is 0 Å². The monoisotopic (exact) mass is 365 g/mol. The van der Waals surface area contributed by atoms with E-state index < -0.39 is 24.9 Å². The molecule has 5 aliphatic rings. The zero-order valence-corrected chi connectivity index (χ0v) is 16.8. The number of carbonyl (C=O) groups excluding carboxylic acids is 1. The fourth-order valence-corrected chi connectivity index (χ4v) is 5.69. The Labute approximate surface area is 156 Å². The molecule has 2 heterocycles. The van der Waals surface area contributed by atoms with Crippen LogP contribution < -0.4 is 0 Å². The summed E-state index contributed by atoms with van der Waals surface area (Å²) in [5, 5.41) is 10.2. The summed E-state index contributed by atoms with van der Waals surface area (Å²) in [7, 11) is -0.496. The Balaban J connectivity index is 1.51. The van der Waals surface area contributed by atoms with Crippen molar-refractivity contribution in [3.8, 4) is 0 Å². The van der Waals surface area contributed by atoms with E-state index in [1.54, 1.807) is 4.90 Å². The highest BCUT2D eigenvalue weighted by atomic mass is 16.7. The van der Waals surface area contributed by atoms with Crippen LogP contribution in [0.3, 0.4) is 0 Å². The number of hydrogen-bond acceptors (Lipinski definition) is 5. The average Bonchev–Trinajstić information content (AvgIpc) is 3.04. The number of carbonyl (C=O) groups is 1. The minimum atomic E-state index is -0.572. The second-order valence-electron chi connectivity index (χ2n) is 10.4. The molecule has 2 aliphatic heterocycles. The number of hydrogen-bond donors (Lipinski definition) is 1. The Hall–Kier alpha value is -0.785. The highest BCUT2D eigenvalue weighted by Crippen LogP contribution is 2.65. The molecule has 1 amide bonds. The minimum Gasteiger partial charge on any atom is -0.444 e. The summed E-state index contributed by atoms with van der Waals surface area (Å²) in [6, 6.07) is 0. The Kier molecular flexibility index (Phi) is 4.01. The molecule has 0 spiro atoms. The first-order valence-corrected chi connectivity index (χ1v) is 9.93. The van der Waals surface area contributed by atoms with Gasteiger partial charge in [0.15, 0.2) is 0 Å². The first-order chi connectivity index (χ1) is 11.9. The summed E-state index contributed by atoms with van der Waals surface area (Å²) < 4.78 is 18.4. The summed E-state index contributed by atoms with van der Waals surface area (Å²) in [6.07, 6.45) is 1.76. The van der Waals surface area contributed by atoms with Gasteiger partial charge in [0.05, 0.1) is 23.8 Å². The van der Waals surface area contributed by atoms with Crippen molar-refractivity contribution in [3.05, 3.63) is 0 Å². The van der Waals surface area contributed by atoms with Crippen LogP contribution in [-0.4, -0.2) is 59.1 Å². The first kappa shape index (κ1) is 18.6. The number of aliphatic hydroxyl groups is 1. The first-order valence-electron chi connectivity index (χ1n) is 9.93. The fourth-order valence-electron chi connectivity index (χ4n) is 5.69. The van der Waals surface area contributed by atoms with E-state index in [0.717, 1.165) is 6.42 Å². The molecule has 7 heteroatoms. The molecule has 5 fully saturated rings. The van der Waals surface area contributed by atoms with E-state index in [2.05, 4.69) is 20.8 Å². The second kappa shape index (κ2) is 5.61. The lowest BCUT2D eigenvalue weighted by molar-refractivity contribution is -0.199. The van der Waals surface area contributed by atoms with Crippen molar-refractivity contribution in [1.29, 1.82) is 0 Å². The topological polar surface area (TPSA) is 68.2 Å². The van der Waals surface area contributed by atoms with Gasteiger partial charge in [0.25, 0.3) is 0 Å². The third kappa shape index (κ3) is 2.69. The maximum atomic E-state index is 12.6. The van der Waals surface area contributed by atoms with Gasteiger partial charge in [0, 0.05) is 6.54 Å². The molecule has 3 unspecified atom stereocenters. The molecule has 2 saturated heterocycles. The van der Waals surface area contributed by atoms with Crippen LogP contribution in [0.2, 0.25) is 0 Å². The van der Waals surface area contributed by atoms with Gasteiger partial charge in [-0.05, 0) is 64.2 Å². The highest BCUT2D eigenvalue weighted by molar-refractivity contribution is 6.48. The zero-order chi connectivity index (χ0) is 19.1. The largest absolute Gasteiger partial charge is 0.482 e. The Bertz CT molecular complexity index is 605. The normalized spacial score (nSPS) is 43.9. The van der Waals surface area contributed by atoms with Gasteiger partial charge in [-0.3, -0.25) is 0 Å². The smallest absolute Gasteiger partial charge is 0.444 e. The average molecular weight is 365 g/mol. The SMILES string of the molecule is CC(C)(C)OC(=O)N1C[C@H](O)C[C@H]1B1OC2CC3CC(C3(C)C)[C@]2(C)O1. The summed E-state index contributed by atoms with van der Waals surface area (Å²) >= 11 is 0. The lowest BCUT2D eigenvalue weighted by Gasteiger charge is -2.64. The molecule has 1 N–H and O–H groups in total. The van der Waals surface area contributed by atoms with Crippen LogP contribution in [0, 0.1) is 17.3 Å². The van der Waals surface area contributed by atoms with E-state index >= 15 is 0 Å². The van der Waals surface area contributed by atoms with Gasteiger partial charge in [-0.2, -0.15) is 0 Å².